The number of rotatable bonds is 4. The smallest absolute Gasteiger partial charge is 0.0945 e. The summed E-state index contributed by atoms with van der Waals surface area (Å²) in [4.78, 5) is 4.12. The van der Waals surface area contributed by atoms with Crippen molar-refractivity contribution >= 4 is 0 Å². The second-order valence-corrected chi connectivity index (χ2v) is 4.98. The highest BCUT2D eigenvalue weighted by Crippen LogP contribution is 2.16. The van der Waals surface area contributed by atoms with Crippen LogP contribution in [-0.4, -0.2) is 9.55 Å². The van der Waals surface area contributed by atoms with Crippen LogP contribution in [0.4, 0.5) is 0 Å². The summed E-state index contributed by atoms with van der Waals surface area (Å²) in [5.74, 6) is 0. The maximum Gasteiger partial charge on any atom is 0.0945 e. The van der Waals surface area contributed by atoms with E-state index in [4.69, 9.17) is 0 Å². The topological polar surface area (TPSA) is 29.9 Å². The molecule has 2 rings (SSSR count). The quantitative estimate of drug-likeness (QED) is 0.894. The first-order chi connectivity index (χ1) is 8.58. The maximum absolute atomic E-state index is 4.12. The van der Waals surface area contributed by atoms with Gasteiger partial charge in [-0.05, 0) is 37.5 Å². The van der Waals surface area contributed by atoms with Crippen LogP contribution in [0.25, 0.3) is 0 Å². The second-order valence-electron chi connectivity index (χ2n) is 4.98. The lowest BCUT2D eigenvalue weighted by Gasteiger charge is -2.12. The van der Waals surface area contributed by atoms with Crippen LogP contribution in [-0.2, 0) is 20.1 Å². The van der Waals surface area contributed by atoms with Crippen molar-refractivity contribution in [1.29, 1.82) is 0 Å². The highest BCUT2D eigenvalue weighted by Gasteiger charge is 2.04. The summed E-state index contributed by atoms with van der Waals surface area (Å²) in [6.07, 6.45) is 3.74. The monoisotopic (exact) mass is 243 g/mol. The standard InChI is InChI=1S/C15H21N3/c1-11-5-12(2)15(13(3)6-11)9-16-7-14-8-17-10-18(14)4/h5-6,8,10,16H,7,9H2,1-4H3. The van der Waals surface area contributed by atoms with Gasteiger partial charge in [-0.1, -0.05) is 17.7 Å². The number of nitrogens with zero attached hydrogens (tertiary/aromatic N) is 2. The van der Waals surface area contributed by atoms with Crippen LogP contribution in [0, 0.1) is 20.8 Å². The number of imidazole rings is 1. The molecular formula is C15H21N3. The van der Waals surface area contributed by atoms with Gasteiger partial charge in [-0.3, -0.25) is 0 Å². The lowest BCUT2D eigenvalue weighted by Crippen LogP contribution is -2.16. The van der Waals surface area contributed by atoms with Crippen LogP contribution in [0.2, 0.25) is 0 Å². The first-order valence-corrected chi connectivity index (χ1v) is 6.30. The summed E-state index contributed by atoms with van der Waals surface area (Å²) in [6.45, 7) is 8.27. The number of benzene rings is 1. The van der Waals surface area contributed by atoms with E-state index in [0.29, 0.717) is 0 Å². The molecule has 0 aliphatic carbocycles. The van der Waals surface area contributed by atoms with Crippen molar-refractivity contribution < 1.29 is 0 Å². The fraction of sp³-hybridized carbons (Fsp3) is 0.400. The van der Waals surface area contributed by atoms with E-state index in [-0.39, 0.29) is 0 Å². The van der Waals surface area contributed by atoms with Gasteiger partial charge in [0, 0.05) is 26.3 Å². The summed E-state index contributed by atoms with van der Waals surface area (Å²) in [5.41, 5.74) is 6.68. The van der Waals surface area contributed by atoms with Crippen LogP contribution < -0.4 is 5.32 Å². The van der Waals surface area contributed by atoms with Gasteiger partial charge in [-0.15, -0.1) is 0 Å². The van der Waals surface area contributed by atoms with Gasteiger partial charge in [-0.2, -0.15) is 0 Å². The van der Waals surface area contributed by atoms with Crippen LogP contribution in [0.1, 0.15) is 27.9 Å². The Bertz CT molecular complexity index is 517. The molecule has 0 bridgehead atoms. The first kappa shape index (κ1) is 12.8. The van der Waals surface area contributed by atoms with Crippen molar-refractivity contribution in [3.63, 3.8) is 0 Å². The van der Waals surface area contributed by atoms with E-state index in [2.05, 4.69) is 43.2 Å². The largest absolute Gasteiger partial charge is 0.337 e. The molecule has 0 fully saturated rings. The molecule has 0 atom stereocenters. The molecule has 0 saturated carbocycles. The molecule has 1 aromatic heterocycles. The third kappa shape index (κ3) is 2.79. The van der Waals surface area contributed by atoms with Gasteiger partial charge in [0.05, 0.1) is 12.0 Å². The highest BCUT2D eigenvalue weighted by atomic mass is 15.0. The zero-order valence-electron chi connectivity index (χ0n) is 11.6. The Hall–Kier alpha value is -1.61. The molecule has 1 heterocycles. The SMILES string of the molecule is Cc1cc(C)c(CNCc2cncn2C)c(C)c1. The van der Waals surface area contributed by atoms with E-state index < -0.39 is 0 Å². The van der Waals surface area contributed by atoms with Crippen molar-refractivity contribution in [2.45, 2.75) is 33.9 Å². The molecule has 0 amide bonds. The molecule has 0 radical (unpaired) electrons. The molecular weight excluding hydrogens is 222 g/mol. The molecule has 96 valence electrons. The van der Waals surface area contributed by atoms with Crippen LogP contribution in [0.5, 0.6) is 0 Å². The second kappa shape index (κ2) is 5.36. The summed E-state index contributed by atoms with van der Waals surface area (Å²) in [7, 11) is 2.02. The zero-order chi connectivity index (χ0) is 13.1. The van der Waals surface area contributed by atoms with Gasteiger partial charge in [0.2, 0.25) is 0 Å². The van der Waals surface area contributed by atoms with Gasteiger partial charge in [0.1, 0.15) is 0 Å². The average molecular weight is 243 g/mol. The number of aromatic nitrogens is 2. The zero-order valence-corrected chi connectivity index (χ0v) is 11.6. The van der Waals surface area contributed by atoms with Gasteiger partial charge >= 0.3 is 0 Å². The molecule has 3 nitrogen and oxygen atoms in total. The molecule has 1 aromatic carbocycles. The molecule has 18 heavy (non-hydrogen) atoms. The van der Waals surface area contributed by atoms with Gasteiger partial charge in [-0.25, -0.2) is 4.98 Å². The van der Waals surface area contributed by atoms with E-state index in [0.717, 1.165) is 13.1 Å². The Morgan fingerprint density at radius 2 is 1.78 bits per heavy atom. The normalized spacial score (nSPS) is 10.9. The number of aryl methyl sites for hydroxylation is 4. The third-order valence-corrected chi connectivity index (χ3v) is 3.36. The van der Waals surface area contributed by atoms with Gasteiger partial charge in [0.15, 0.2) is 0 Å². The first-order valence-electron chi connectivity index (χ1n) is 6.30. The minimum atomic E-state index is 0.850. The summed E-state index contributed by atoms with van der Waals surface area (Å²) in [6, 6.07) is 4.49. The summed E-state index contributed by atoms with van der Waals surface area (Å²) >= 11 is 0. The van der Waals surface area contributed by atoms with Crippen LogP contribution in [0.3, 0.4) is 0 Å². The fourth-order valence-electron chi connectivity index (χ4n) is 2.36. The molecule has 0 aliphatic rings. The van der Waals surface area contributed by atoms with Crippen LogP contribution >= 0.6 is 0 Å². The molecule has 0 spiro atoms. The predicted molar refractivity (Wildman–Crippen MR) is 74.4 cm³/mol. The number of hydrogen-bond acceptors (Lipinski definition) is 2. The highest BCUT2D eigenvalue weighted by molar-refractivity contribution is 5.37. The fourth-order valence-corrected chi connectivity index (χ4v) is 2.36. The van der Waals surface area contributed by atoms with Gasteiger partial charge in [0.25, 0.3) is 0 Å². The van der Waals surface area contributed by atoms with Crippen molar-refractivity contribution in [3.8, 4) is 0 Å². The van der Waals surface area contributed by atoms with E-state index >= 15 is 0 Å². The Labute approximate surface area is 109 Å². The Morgan fingerprint density at radius 3 is 2.33 bits per heavy atom. The number of nitrogens with one attached hydrogen (secondary N) is 1. The Morgan fingerprint density at radius 1 is 1.11 bits per heavy atom. The Kier molecular flexibility index (Phi) is 3.82. The molecule has 2 aromatic rings. The molecule has 0 saturated heterocycles. The summed E-state index contributed by atoms with van der Waals surface area (Å²) < 4.78 is 2.04. The molecule has 0 aliphatic heterocycles. The average Bonchev–Trinajstić information content (AvgIpc) is 2.68. The van der Waals surface area contributed by atoms with E-state index in [9.17, 15) is 0 Å². The van der Waals surface area contributed by atoms with Crippen molar-refractivity contribution in [3.05, 3.63) is 52.6 Å². The predicted octanol–water partition coefficient (Wildman–Crippen LogP) is 2.64. The maximum atomic E-state index is 4.12. The van der Waals surface area contributed by atoms with Gasteiger partial charge < -0.3 is 9.88 Å². The number of hydrogen-bond donors (Lipinski definition) is 1. The van der Waals surface area contributed by atoms with Crippen molar-refractivity contribution in [2.75, 3.05) is 0 Å². The molecule has 0 unspecified atom stereocenters. The lowest BCUT2D eigenvalue weighted by atomic mass is 10.00. The van der Waals surface area contributed by atoms with E-state index in [1.807, 2.05) is 24.1 Å². The van der Waals surface area contributed by atoms with Crippen molar-refractivity contribution in [1.82, 2.24) is 14.9 Å². The Balaban J connectivity index is 2.01. The minimum absolute atomic E-state index is 0.850. The van der Waals surface area contributed by atoms with Crippen molar-refractivity contribution in [2.24, 2.45) is 7.05 Å². The third-order valence-electron chi connectivity index (χ3n) is 3.36. The van der Waals surface area contributed by atoms with E-state index in [1.165, 1.54) is 27.9 Å². The van der Waals surface area contributed by atoms with Crippen LogP contribution in [0.15, 0.2) is 24.7 Å². The summed E-state index contributed by atoms with van der Waals surface area (Å²) in [5, 5.41) is 3.49. The molecule has 1 N–H and O–H groups in total. The van der Waals surface area contributed by atoms with E-state index in [1.54, 1.807) is 0 Å². The lowest BCUT2D eigenvalue weighted by molar-refractivity contribution is 0.651. The minimum Gasteiger partial charge on any atom is -0.337 e. The molecule has 3 heteroatoms.